The summed E-state index contributed by atoms with van der Waals surface area (Å²) in [4.78, 5) is 34.8. The van der Waals surface area contributed by atoms with Gasteiger partial charge in [0.05, 0.1) is 18.1 Å². The molecule has 176 valence electrons. The van der Waals surface area contributed by atoms with E-state index in [0.29, 0.717) is 30.9 Å². The Bertz CT molecular complexity index is 943. The molecule has 0 radical (unpaired) electrons. The van der Waals surface area contributed by atoms with Crippen LogP contribution in [-0.4, -0.2) is 86.3 Å². The number of morpholine rings is 1. The second kappa shape index (κ2) is 11.1. The molecule has 10 nitrogen and oxygen atoms in total. The summed E-state index contributed by atoms with van der Waals surface area (Å²) < 4.78 is 5.34. The molecule has 10 heteroatoms. The van der Waals surface area contributed by atoms with Crippen molar-refractivity contribution in [3.8, 4) is 0 Å². The molecule has 2 aromatic rings. The molecule has 1 aromatic heterocycles. The highest BCUT2D eigenvalue weighted by molar-refractivity contribution is 5.95. The summed E-state index contributed by atoms with van der Waals surface area (Å²) >= 11 is 0. The third kappa shape index (κ3) is 5.96. The Kier molecular flexibility index (Phi) is 7.69. The smallest absolute Gasteiger partial charge is 0.293 e. The fourth-order valence-corrected chi connectivity index (χ4v) is 4.23. The van der Waals surface area contributed by atoms with E-state index in [-0.39, 0.29) is 11.6 Å². The van der Waals surface area contributed by atoms with Crippen LogP contribution in [0.5, 0.6) is 0 Å². The number of nitro groups is 1. The SMILES string of the molecule is O=C(NCCCN1CCOCC1)c1ccc(N2CCN(c3ccccn3)CC2)c([N+](=O)[O-])c1. The minimum atomic E-state index is -0.407. The molecule has 0 aliphatic carbocycles. The van der Waals surface area contributed by atoms with Gasteiger partial charge in [-0.25, -0.2) is 4.98 Å². The molecule has 0 unspecified atom stereocenters. The van der Waals surface area contributed by atoms with Gasteiger partial charge in [-0.3, -0.25) is 19.8 Å². The number of benzene rings is 1. The van der Waals surface area contributed by atoms with Gasteiger partial charge in [0.25, 0.3) is 11.6 Å². The summed E-state index contributed by atoms with van der Waals surface area (Å²) in [5, 5.41) is 14.7. The van der Waals surface area contributed by atoms with Gasteiger partial charge in [0, 0.05) is 63.6 Å². The van der Waals surface area contributed by atoms with Crippen molar-refractivity contribution in [2.24, 2.45) is 0 Å². The molecule has 4 rings (SSSR count). The normalized spacial score (nSPS) is 17.1. The Balaban J connectivity index is 1.33. The lowest BCUT2D eigenvalue weighted by Gasteiger charge is -2.36. The van der Waals surface area contributed by atoms with Crippen molar-refractivity contribution >= 4 is 23.1 Å². The lowest BCUT2D eigenvalue weighted by atomic mass is 10.1. The molecule has 0 saturated carbocycles. The molecule has 3 heterocycles. The van der Waals surface area contributed by atoms with Crippen LogP contribution in [0.2, 0.25) is 0 Å². The minimum Gasteiger partial charge on any atom is -0.379 e. The summed E-state index contributed by atoms with van der Waals surface area (Å²) in [7, 11) is 0. The van der Waals surface area contributed by atoms with Crippen LogP contribution in [0, 0.1) is 10.1 Å². The monoisotopic (exact) mass is 454 g/mol. The van der Waals surface area contributed by atoms with Crippen molar-refractivity contribution in [3.05, 3.63) is 58.3 Å². The highest BCUT2D eigenvalue weighted by atomic mass is 16.6. The van der Waals surface area contributed by atoms with Gasteiger partial charge < -0.3 is 19.9 Å². The number of piperazine rings is 1. The van der Waals surface area contributed by atoms with Crippen molar-refractivity contribution in [2.45, 2.75) is 6.42 Å². The van der Waals surface area contributed by atoms with Crippen LogP contribution in [0.15, 0.2) is 42.6 Å². The fourth-order valence-electron chi connectivity index (χ4n) is 4.23. The molecular weight excluding hydrogens is 424 g/mol. The van der Waals surface area contributed by atoms with Crippen molar-refractivity contribution in [1.82, 2.24) is 15.2 Å². The second-order valence-electron chi connectivity index (χ2n) is 8.19. The van der Waals surface area contributed by atoms with Gasteiger partial charge in [-0.05, 0) is 37.2 Å². The van der Waals surface area contributed by atoms with E-state index < -0.39 is 4.92 Å². The zero-order chi connectivity index (χ0) is 23.0. The molecule has 1 aromatic carbocycles. The molecule has 2 saturated heterocycles. The standard InChI is InChI=1S/C23H30N6O4/c30-23(25-8-3-9-26-14-16-33-17-15-26)19-5-6-20(21(18-19)29(31)32)27-10-12-28(13-11-27)22-4-1-2-7-24-22/h1-2,4-7,18H,3,8-17H2,(H,25,30). The number of hydrogen-bond acceptors (Lipinski definition) is 8. The van der Waals surface area contributed by atoms with Gasteiger partial charge in [-0.1, -0.05) is 6.07 Å². The molecule has 2 aliphatic heterocycles. The van der Waals surface area contributed by atoms with Crippen molar-refractivity contribution in [1.29, 1.82) is 0 Å². The molecule has 1 N–H and O–H groups in total. The lowest BCUT2D eigenvalue weighted by Crippen LogP contribution is -2.47. The maximum Gasteiger partial charge on any atom is 0.293 e. The Morgan fingerprint density at radius 1 is 1.06 bits per heavy atom. The number of ether oxygens (including phenoxy) is 1. The number of anilines is 2. The predicted molar refractivity (Wildman–Crippen MR) is 126 cm³/mol. The number of rotatable bonds is 8. The lowest BCUT2D eigenvalue weighted by molar-refractivity contribution is -0.384. The maximum atomic E-state index is 12.6. The first-order chi connectivity index (χ1) is 16.1. The average molecular weight is 455 g/mol. The van der Waals surface area contributed by atoms with E-state index in [4.69, 9.17) is 4.74 Å². The van der Waals surface area contributed by atoms with Crippen molar-refractivity contribution < 1.29 is 14.5 Å². The Morgan fingerprint density at radius 3 is 2.52 bits per heavy atom. The van der Waals surface area contributed by atoms with Crippen LogP contribution in [0.4, 0.5) is 17.2 Å². The van der Waals surface area contributed by atoms with E-state index in [9.17, 15) is 14.9 Å². The van der Waals surface area contributed by atoms with Crippen LogP contribution in [0.1, 0.15) is 16.8 Å². The molecule has 2 aliphatic rings. The highest BCUT2D eigenvalue weighted by Crippen LogP contribution is 2.30. The van der Waals surface area contributed by atoms with Crippen LogP contribution >= 0.6 is 0 Å². The molecular formula is C23H30N6O4. The predicted octanol–water partition coefficient (Wildman–Crippen LogP) is 1.77. The van der Waals surface area contributed by atoms with Crippen LogP contribution in [0.3, 0.4) is 0 Å². The highest BCUT2D eigenvalue weighted by Gasteiger charge is 2.25. The van der Waals surface area contributed by atoms with Gasteiger partial charge in [-0.2, -0.15) is 0 Å². The van der Waals surface area contributed by atoms with E-state index in [1.54, 1.807) is 18.3 Å². The van der Waals surface area contributed by atoms with E-state index in [0.717, 1.165) is 58.2 Å². The summed E-state index contributed by atoms with van der Waals surface area (Å²) in [6, 6.07) is 10.5. The minimum absolute atomic E-state index is 0.0396. The number of aromatic nitrogens is 1. The first-order valence-corrected chi connectivity index (χ1v) is 11.4. The number of nitro benzene ring substituents is 1. The fraction of sp³-hybridized carbons (Fsp3) is 0.478. The van der Waals surface area contributed by atoms with Crippen molar-refractivity contribution in [2.75, 3.05) is 75.4 Å². The first kappa shape index (κ1) is 22.9. The van der Waals surface area contributed by atoms with E-state index in [1.807, 2.05) is 23.1 Å². The molecule has 0 bridgehead atoms. The summed E-state index contributed by atoms with van der Waals surface area (Å²) in [5.74, 6) is 0.624. The molecule has 1 amide bonds. The average Bonchev–Trinajstić information content (AvgIpc) is 2.87. The number of carbonyl (C=O) groups is 1. The third-order valence-electron chi connectivity index (χ3n) is 6.07. The van der Waals surface area contributed by atoms with Gasteiger partial charge in [0.2, 0.25) is 0 Å². The Morgan fingerprint density at radius 2 is 1.82 bits per heavy atom. The summed E-state index contributed by atoms with van der Waals surface area (Å²) in [6.07, 6.45) is 2.59. The summed E-state index contributed by atoms with van der Waals surface area (Å²) in [5.41, 5.74) is 0.815. The number of amides is 1. The molecule has 0 spiro atoms. The maximum absolute atomic E-state index is 12.6. The topological polar surface area (TPSA) is 104 Å². The van der Waals surface area contributed by atoms with Gasteiger partial charge in [0.15, 0.2) is 0 Å². The van der Waals surface area contributed by atoms with Crippen LogP contribution < -0.4 is 15.1 Å². The van der Waals surface area contributed by atoms with Gasteiger partial charge >= 0.3 is 0 Å². The van der Waals surface area contributed by atoms with E-state index in [1.165, 1.54) is 6.07 Å². The number of hydrogen-bond donors (Lipinski definition) is 1. The molecule has 33 heavy (non-hydrogen) atoms. The van der Waals surface area contributed by atoms with Crippen LogP contribution in [-0.2, 0) is 4.74 Å². The number of carbonyl (C=O) groups excluding carboxylic acids is 1. The number of pyridine rings is 1. The molecule has 0 atom stereocenters. The first-order valence-electron chi connectivity index (χ1n) is 11.4. The molecule has 2 fully saturated rings. The van der Waals surface area contributed by atoms with Crippen LogP contribution in [0.25, 0.3) is 0 Å². The van der Waals surface area contributed by atoms with Gasteiger partial charge in [0.1, 0.15) is 11.5 Å². The number of nitrogens with one attached hydrogen (secondary N) is 1. The second-order valence-corrected chi connectivity index (χ2v) is 8.19. The van der Waals surface area contributed by atoms with Crippen molar-refractivity contribution in [3.63, 3.8) is 0 Å². The quantitative estimate of drug-likeness (QED) is 0.366. The number of nitrogens with zero attached hydrogens (tertiary/aromatic N) is 5. The Hall–Kier alpha value is -3.24. The largest absolute Gasteiger partial charge is 0.379 e. The third-order valence-corrected chi connectivity index (χ3v) is 6.07. The van der Waals surface area contributed by atoms with Gasteiger partial charge in [-0.15, -0.1) is 0 Å². The van der Waals surface area contributed by atoms with E-state index in [2.05, 4.69) is 20.1 Å². The Labute approximate surface area is 193 Å². The summed E-state index contributed by atoms with van der Waals surface area (Å²) in [6.45, 7) is 7.49. The zero-order valence-corrected chi connectivity index (χ0v) is 18.7. The van der Waals surface area contributed by atoms with E-state index >= 15 is 0 Å². The zero-order valence-electron chi connectivity index (χ0n) is 18.7.